The lowest BCUT2D eigenvalue weighted by atomic mass is 9.93. The maximum Gasteiger partial charge on any atom is 0.141 e. The van der Waals surface area contributed by atoms with Gasteiger partial charge in [-0.25, -0.2) is 0 Å². The molecule has 2 N–H and O–H groups in total. The number of para-hydroxylation sites is 1. The van der Waals surface area contributed by atoms with Gasteiger partial charge in [0.05, 0.1) is 20.2 Å². The molecule has 0 amide bonds. The van der Waals surface area contributed by atoms with Gasteiger partial charge in [0.1, 0.15) is 11.8 Å². The Bertz CT molecular complexity index is 844. The first-order valence-corrected chi connectivity index (χ1v) is 9.33. The maximum atomic E-state index is 5.37. The summed E-state index contributed by atoms with van der Waals surface area (Å²) in [7, 11) is 1.73. The zero-order valence-electron chi connectivity index (χ0n) is 15.1. The molecule has 1 aliphatic heterocycles. The molecule has 130 valence electrons. The number of aryl methyl sites for hydroxylation is 1. The quantitative estimate of drug-likeness (QED) is 0.749. The van der Waals surface area contributed by atoms with Gasteiger partial charge < -0.3 is 14.6 Å². The second kappa shape index (κ2) is 6.93. The molecule has 0 saturated carbocycles. The van der Waals surface area contributed by atoms with Crippen molar-refractivity contribution in [1.82, 2.24) is 4.98 Å². The molecule has 1 aliphatic rings. The number of ether oxygens (including phenoxy) is 1. The molecule has 3 nitrogen and oxygen atoms in total. The molecule has 3 heteroatoms. The minimum Gasteiger partial charge on any atom is -0.497 e. The van der Waals surface area contributed by atoms with Crippen molar-refractivity contribution >= 4 is 10.9 Å². The summed E-state index contributed by atoms with van der Waals surface area (Å²) in [6.07, 6.45) is 4.01. The molecule has 0 bridgehead atoms. The predicted molar refractivity (Wildman–Crippen MR) is 102 cm³/mol. The third kappa shape index (κ3) is 3.05. The summed E-state index contributed by atoms with van der Waals surface area (Å²) in [6.45, 7) is 4.71. The summed E-state index contributed by atoms with van der Waals surface area (Å²) in [6, 6.07) is 17.7. The Morgan fingerprint density at radius 3 is 2.40 bits per heavy atom. The van der Waals surface area contributed by atoms with E-state index in [2.05, 4.69) is 60.4 Å². The van der Waals surface area contributed by atoms with Gasteiger partial charge in [-0.2, -0.15) is 0 Å². The molecule has 1 atom stereocenters. The second-order valence-electron chi connectivity index (χ2n) is 7.13. The van der Waals surface area contributed by atoms with Gasteiger partial charge in [0, 0.05) is 27.7 Å². The van der Waals surface area contributed by atoms with E-state index < -0.39 is 0 Å². The number of hydrogen-bond acceptors (Lipinski definition) is 1. The van der Waals surface area contributed by atoms with Crippen LogP contribution in [0.1, 0.15) is 42.1 Å². The van der Waals surface area contributed by atoms with Crippen LogP contribution in [0.5, 0.6) is 5.75 Å². The lowest BCUT2D eigenvalue weighted by Crippen LogP contribution is -3.13. The summed E-state index contributed by atoms with van der Waals surface area (Å²) in [5, 5.41) is 1.36. The summed E-state index contributed by atoms with van der Waals surface area (Å²) in [5.41, 5.74) is 5.37. The second-order valence-corrected chi connectivity index (χ2v) is 7.13. The van der Waals surface area contributed by atoms with Crippen molar-refractivity contribution in [2.45, 2.75) is 32.2 Å². The highest BCUT2D eigenvalue weighted by Crippen LogP contribution is 2.31. The van der Waals surface area contributed by atoms with E-state index in [1.54, 1.807) is 12.0 Å². The highest BCUT2D eigenvalue weighted by atomic mass is 16.5. The minimum atomic E-state index is 0.377. The van der Waals surface area contributed by atoms with Crippen LogP contribution in [0, 0.1) is 6.92 Å². The average molecular weight is 335 g/mol. The number of nitrogens with one attached hydrogen (secondary N) is 2. The lowest BCUT2D eigenvalue weighted by Gasteiger charge is -2.32. The number of aromatic amines is 1. The van der Waals surface area contributed by atoms with Crippen LogP contribution in [-0.4, -0.2) is 25.2 Å². The van der Waals surface area contributed by atoms with Gasteiger partial charge in [-0.3, -0.25) is 0 Å². The minimum absolute atomic E-state index is 0.377. The van der Waals surface area contributed by atoms with E-state index in [4.69, 9.17) is 4.74 Å². The van der Waals surface area contributed by atoms with Crippen LogP contribution in [0.2, 0.25) is 0 Å². The predicted octanol–water partition coefficient (Wildman–Crippen LogP) is 3.64. The number of benzene rings is 2. The first kappa shape index (κ1) is 16.2. The molecule has 2 heterocycles. The van der Waals surface area contributed by atoms with Crippen LogP contribution in [0.4, 0.5) is 0 Å². The zero-order chi connectivity index (χ0) is 17.2. The van der Waals surface area contributed by atoms with E-state index in [0.717, 1.165) is 5.75 Å². The molecular weight excluding hydrogens is 308 g/mol. The normalized spacial score (nSPS) is 16.9. The molecule has 0 spiro atoms. The van der Waals surface area contributed by atoms with Crippen LogP contribution < -0.4 is 9.64 Å². The van der Waals surface area contributed by atoms with Gasteiger partial charge in [0.15, 0.2) is 0 Å². The Morgan fingerprint density at radius 1 is 0.960 bits per heavy atom. The molecule has 0 aliphatic carbocycles. The van der Waals surface area contributed by atoms with Crippen LogP contribution in [0.15, 0.2) is 48.5 Å². The van der Waals surface area contributed by atoms with Crippen molar-refractivity contribution in [3.63, 3.8) is 0 Å². The van der Waals surface area contributed by atoms with Crippen molar-refractivity contribution in [2.24, 2.45) is 0 Å². The number of rotatable bonds is 4. The van der Waals surface area contributed by atoms with Crippen LogP contribution in [-0.2, 0) is 0 Å². The topological polar surface area (TPSA) is 29.5 Å². The smallest absolute Gasteiger partial charge is 0.141 e. The molecule has 1 fully saturated rings. The molecular formula is C22H27N2O+. The van der Waals surface area contributed by atoms with Crippen molar-refractivity contribution in [1.29, 1.82) is 0 Å². The third-order valence-electron chi connectivity index (χ3n) is 5.59. The molecule has 3 aromatic rings. The van der Waals surface area contributed by atoms with Gasteiger partial charge in [-0.1, -0.05) is 18.2 Å². The first-order chi connectivity index (χ1) is 12.3. The Kier molecular flexibility index (Phi) is 4.50. The fourth-order valence-corrected chi connectivity index (χ4v) is 4.37. The molecule has 2 aromatic carbocycles. The Morgan fingerprint density at radius 2 is 1.68 bits per heavy atom. The summed E-state index contributed by atoms with van der Waals surface area (Å²) in [4.78, 5) is 5.29. The van der Waals surface area contributed by atoms with E-state index >= 15 is 0 Å². The van der Waals surface area contributed by atoms with Gasteiger partial charge in [-0.05, 0) is 56.5 Å². The van der Waals surface area contributed by atoms with E-state index in [9.17, 15) is 0 Å². The van der Waals surface area contributed by atoms with E-state index in [1.807, 2.05) is 0 Å². The maximum absolute atomic E-state index is 5.37. The number of fused-ring (bicyclic) bond motifs is 1. The highest BCUT2D eigenvalue weighted by molar-refractivity contribution is 5.85. The van der Waals surface area contributed by atoms with E-state index in [-0.39, 0.29) is 0 Å². The molecule has 0 radical (unpaired) electrons. The third-order valence-corrected chi connectivity index (χ3v) is 5.59. The number of quaternary nitrogens is 1. The van der Waals surface area contributed by atoms with E-state index in [0.29, 0.717) is 6.04 Å². The Hall–Kier alpha value is -2.26. The van der Waals surface area contributed by atoms with Gasteiger partial charge in [-0.15, -0.1) is 0 Å². The number of hydrogen-bond donors (Lipinski definition) is 2. The van der Waals surface area contributed by atoms with Gasteiger partial charge in [0.25, 0.3) is 0 Å². The average Bonchev–Trinajstić information content (AvgIpc) is 3.00. The first-order valence-electron chi connectivity index (χ1n) is 9.33. The number of likely N-dealkylation sites (tertiary alicyclic amines) is 1. The Balaban J connectivity index is 1.85. The van der Waals surface area contributed by atoms with Crippen LogP contribution in [0.3, 0.4) is 0 Å². The van der Waals surface area contributed by atoms with Gasteiger partial charge >= 0.3 is 0 Å². The number of aromatic nitrogens is 1. The lowest BCUT2D eigenvalue weighted by molar-refractivity contribution is -0.930. The van der Waals surface area contributed by atoms with Crippen molar-refractivity contribution in [3.8, 4) is 5.75 Å². The van der Waals surface area contributed by atoms with Crippen molar-refractivity contribution < 1.29 is 9.64 Å². The monoisotopic (exact) mass is 335 g/mol. The largest absolute Gasteiger partial charge is 0.497 e. The van der Waals surface area contributed by atoms with E-state index in [1.165, 1.54) is 60.1 Å². The van der Waals surface area contributed by atoms with Crippen LogP contribution >= 0.6 is 0 Å². The summed E-state index contributed by atoms with van der Waals surface area (Å²) in [5.74, 6) is 0.923. The summed E-state index contributed by atoms with van der Waals surface area (Å²) >= 11 is 0. The number of H-pyrrole nitrogens is 1. The van der Waals surface area contributed by atoms with Crippen molar-refractivity contribution in [2.75, 3.05) is 20.2 Å². The molecule has 1 saturated heterocycles. The summed E-state index contributed by atoms with van der Waals surface area (Å²) < 4.78 is 5.37. The number of methoxy groups -OCH3 is 1. The molecule has 4 rings (SSSR count). The molecule has 1 aromatic heterocycles. The fourth-order valence-electron chi connectivity index (χ4n) is 4.37. The zero-order valence-corrected chi connectivity index (χ0v) is 15.1. The fraction of sp³-hybridized carbons (Fsp3) is 0.364. The highest BCUT2D eigenvalue weighted by Gasteiger charge is 2.31. The van der Waals surface area contributed by atoms with Crippen molar-refractivity contribution in [3.05, 3.63) is 65.4 Å². The van der Waals surface area contributed by atoms with Crippen LogP contribution in [0.25, 0.3) is 10.9 Å². The number of piperidine rings is 1. The SMILES string of the molecule is COc1ccc(C(c2c(C)[nH]c3ccccc23)[NH+]2CCCCC2)cc1. The molecule has 1 unspecified atom stereocenters. The van der Waals surface area contributed by atoms with Gasteiger partial charge in [0.2, 0.25) is 0 Å². The standard InChI is InChI=1S/C22H26N2O/c1-16-21(19-8-4-5-9-20(19)23-16)22(24-14-6-3-7-15-24)17-10-12-18(25-2)13-11-17/h4-5,8-13,22-23H,3,6-7,14-15H2,1-2H3/p+1. The molecule has 25 heavy (non-hydrogen) atoms. The Labute approximate surface area is 149 Å².